The first-order chi connectivity index (χ1) is 8.19. The molecule has 1 atom stereocenters. The minimum atomic E-state index is -0.556. The molecule has 4 N–H and O–H groups in total. The maximum atomic E-state index is 12.1. The van der Waals surface area contributed by atoms with Gasteiger partial charge >= 0.3 is 0 Å². The van der Waals surface area contributed by atoms with E-state index in [2.05, 4.69) is 10.7 Å². The third-order valence-corrected chi connectivity index (χ3v) is 3.37. The fraction of sp³-hybridized carbons (Fsp3) is 0.833. The van der Waals surface area contributed by atoms with E-state index in [0.29, 0.717) is 18.8 Å². The molecule has 106 valence electrons. The first-order valence-electron chi connectivity index (χ1n) is 6.43. The quantitative estimate of drug-likeness (QED) is 0.290. The molecule has 0 aromatic carbocycles. The van der Waals surface area contributed by atoms with Crippen LogP contribution < -0.4 is 16.6 Å². The summed E-state index contributed by atoms with van der Waals surface area (Å²) < 4.78 is 0. The van der Waals surface area contributed by atoms with Crippen molar-refractivity contribution < 1.29 is 9.59 Å². The number of carbonyl (C=O) groups excluding carboxylic acids is 2. The first kappa shape index (κ1) is 17.4. The smallest absolute Gasteiger partial charge is 0.244 e. The molecule has 1 unspecified atom stereocenters. The van der Waals surface area contributed by atoms with Crippen molar-refractivity contribution >= 4 is 24.1 Å². The van der Waals surface area contributed by atoms with Crippen LogP contribution in [0.5, 0.6) is 0 Å². The van der Waals surface area contributed by atoms with Crippen LogP contribution in [0.15, 0.2) is 0 Å². The molecule has 0 saturated carbocycles. The largest absolute Gasteiger partial charge is 0.317 e. The average molecular weight is 278 g/mol. The van der Waals surface area contributed by atoms with Crippen molar-refractivity contribution in [2.75, 3.05) is 13.1 Å². The summed E-state index contributed by atoms with van der Waals surface area (Å²) in [6.07, 6.45) is 3.96. The summed E-state index contributed by atoms with van der Waals surface area (Å²) in [5.41, 5.74) is 2.10. The highest BCUT2D eigenvalue weighted by atomic mass is 35.5. The number of rotatable bonds is 6. The van der Waals surface area contributed by atoms with E-state index in [9.17, 15) is 9.59 Å². The van der Waals surface area contributed by atoms with Gasteiger partial charge in [-0.1, -0.05) is 13.3 Å². The third-order valence-electron chi connectivity index (χ3n) is 3.37. The molecule has 1 fully saturated rings. The van der Waals surface area contributed by atoms with Crippen LogP contribution in [0.2, 0.25) is 0 Å². The van der Waals surface area contributed by atoms with Crippen LogP contribution in [-0.4, -0.2) is 24.8 Å². The van der Waals surface area contributed by atoms with Gasteiger partial charge in [0.05, 0.1) is 5.92 Å². The molecule has 5 nitrogen and oxygen atoms in total. The zero-order chi connectivity index (χ0) is 12.7. The second kappa shape index (κ2) is 9.30. The topological polar surface area (TPSA) is 84.2 Å². The number of hydrogen-bond acceptors (Lipinski definition) is 4. The Bertz CT molecular complexity index is 268. The van der Waals surface area contributed by atoms with Crippen LogP contribution in [-0.2, 0) is 9.59 Å². The minimum Gasteiger partial charge on any atom is -0.317 e. The third kappa shape index (κ3) is 5.33. The van der Waals surface area contributed by atoms with E-state index in [0.717, 1.165) is 32.4 Å². The van der Waals surface area contributed by atoms with Gasteiger partial charge in [-0.15, -0.1) is 12.4 Å². The molecule has 0 aromatic rings. The lowest BCUT2D eigenvalue weighted by molar-refractivity contribution is -0.135. The Hall–Kier alpha value is -0.650. The molecular weight excluding hydrogens is 254 g/mol. The maximum absolute atomic E-state index is 12.1. The summed E-state index contributed by atoms with van der Waals surface area (Å²) in [5.74, 6) is 4.68. The highest BCUT2D eigenvalue weighted by Gasteiger charge is 2.27. The molecule has 0 spiro atoms. The fourth-order valence-corrected chi connectivity index (χ4v) is 2.34. The van der Waals surface area contributed by atoms with E-state index in [1.807, 2.05) is 6.92 Å². The Labute approximate surface area is 115 Å². The van der Waals surface area contributed by atoms with Gasteiger partial charge in [0.2, 0.25) is 5.91 Å². The van der Waals surface area contributed by atoms with Gasteiger partial charge in [0, 0.05) is 6.42 Å². The molecule has 0 aliphatic carbocycles. The van der Waals surface area contributed by atoms with Crippen LogP contribution in [0.1, 0.15) is 39.0 Å². The number of piperidine rings is 1. The van der Waals surface area contributed by atoms with Gasteiger partial charge in [0.15, 0.2) is 0 Å². The molecule has 1 amide bonds. The Morgan fingerprint density at radius 3 is 2.50 bits per heavy atom. The number of halogens is 1. The SMILES string of the molecule is CCCC(C(=O)CC1CCNCC1)C(=O)NN.Cl. The highest BCUT2D eigenvalue weighted by Crippen LogP contribution is 2.20. The highest BCUT2D eigenvalue weighted by molar-refractivity contribution is 6.01. The van der Waals surface area contributed by atoms with Crippen LogP contribution in [0.3, 0.4) is 0 Å². The van der Waals surface area contributed by atoms with E-state index in [-0.39, 0.29) is 24.1 Å². The van der Waals surface area contributed by atoms with E-state index in [4.69, 9.17) is 5.84 Å². The monoisotopic (exact) mass is 277 g/mol. The lowest BCUT2D eigenvalue weighted by atomic mass is 9.86. The Morgan fingerprint density at radius 1 is 1.39 bits per heavy atom. The lowest BCUT2D eigenvalue weighted by Gasteiger charge is -2.23. The molecule has 18 heavy (non-hydrogen) atoms. The number of nitrogens with two attached hydrogens (primary N) is 1. The summed E-state index contributed by atoms with van der Waals surface area (Å²) in [4.78, 5) is 23.6. The summed E-state index contributed by atoms with van der Waals surface area (Å²) in [6, 6.07) is 0. The second-order valence-electron chi connectivity index (χ2n) is 4.71. The molecular formula is C12H24ClN3O2. The molecule has 6 heteroatoms. The number of nitrogens with one attached hydrogen (secondary N) is 2. The van der Waals surface area contributed by atoms with Gasteiger partial charge in [-0.25, -0.2) is 5.84 Å². The second-order valence-corrected chi connectivity index (χ2v) is 4.71. The first-order valence-corrected chi connectivity index (χ1v) is 6.43. The standard InChI is InChI=1S/C12H23N3O2.ClH/c1-2-3-10(12(17)15-13)11(16)8-9-4-6-14-7-5-9;/h9-10,14H,2-8,13H2,1H3,(H,15,17);1H. The summed E-state index contributed by atoms with van der Waals surface area (Å²) in [5, 5.41) is 3.27. The number of amides is 1. The molecule has 1 heterocycles. The summed E-state index contributed by atoms with van der Waals surface area (Å²) >= 11 is 0. The van der Waals surface area contributed by atoms with Crippen LogP contribution in [0, 0.1) is 11.8 Å². The van der Waals surface area contributed by atoms with Gasteiger partial charge in [0.1, 0.15) is 5.78 Å². The predicted octanol–water partition coefficient (Wildman–Crippen LogP) is 0.773. The van der Waals surface area contributed by atoms with Crippen molar-refractivity contribution in [3.8, 4) is 0 Å². The van der Waals surface area contributed by atoms with E-state index >= 15 is 0 Å². The average Bonchev–Trinajstić information content (AvgIpc) is 2.36. The lowest BCUT2D eigenvalue weighted by Crippen LogP contribution is -2.40. The number of Topliss-reactive ketones (excluding diaryl/α,β-unsaturated/α-hetero) is 1. The van der Waals surface area contributed by atoms with Crippen molar-refractivity contribution in [2.45, 2.75) is 39.0 Å². The fourth-order valence-electron chi connectivity index (χ4n) is 2.34. The van der Waals surface area contributed by atoms with E-state index in [1.165, 1.54) is 0 Å². The van der Waals surface area contributed by atoms with Crippen LogP contribution >= 0.6 is 12.4 Å². The summed E-state index contributed by atoms with van der Waals surface area (Å²) in [6.45, 7) is 3.91. The Balaban J connectivity index is 0.00000289. The normalized spacial score (nSPS) is 17.7. The van der Waals surface area contributed by atoms with Gasteiger partial charge < -0.3 is 5.32 Å². The van der Waals surface area contributed by atoms with Crippen molar-refractivity contribution in [2.24, 2.45) is 17.7 Å². The number of carbonyl (C=O) groups is 2. The molecule has 1 aliphatic heterocycles. The Morgan fingerprint density at radius 2 is 2.00 bits per heavy atom. The van der Waals surface area contributed by atoms with Crippen molar-refractivity contribution in [1.29, 1.82) is 0 Å². The van der Waals surface area contributed by atoms with Gasteiger partial charge in [0.25, 0.3) is 0 Å². The number of hydrogen-bond donors (Lipinski definition) is 3. The zero-order valence-corrected chi connectivity index (χ0v) is 11.7. The zero-order valence-electron chi connectivity index (χ0n) is 10.9. The van der Waals surface area contributed by atoms with E-state index < -0.39 is 5.92 Å². The van der Waals surface area contributed by atoms with Crippen molar-refractivity contribution in [3.05, 3.63) is 0 Å². The molecule has 1 saturated heterocycles. The number of ketones is 1. The van der Waals surface area contributed by atoms with Gasteiger partial charge in [-0.3, -0.25) is 15.0 Å². The molecule has 0 aromatic heterocycles. The number of hydrazine groups is 1. The molecule has 0 bridgehead atoms. The van der Waals surface area contributed by atoms with Gasteiger partial charge in [-0.2, -0.15) is 0 Å². The molecule has 1 rings (SSSR count). The Kier molecular flexibility index (Phi) is 8.97. The van der Waals surface area contributed by atoms with Crippen molar-refractivity contribution in [3.63, 3.8) is 0 Å². The van der Waals surface area contributed by atoms with Crippen LogP contribution in [0.25, 0.3) is 0 Å². The van der Waals surface area contributed by atoms with Crippen molar-refractivity contribution in [1.82, 2.24) is 10.7 Å². The maximum Gasteiger partial charge on any atom is 0.244 e. The van der Waals surface area contributed by atoms with E-state index in [1.54, 1.807) is 0 Å². The molecule has 1 aliphatic rings. The van der Waals surface area contributed by atoms with Gasteiger partial charge in [-0.05, 0) is 38.3 Å². The van der Waals surface area contributed by atoms with Crippen LogP contribution in [0.4, 0.5) is 0 Å². The predicted molar refractivity (Wildman–Crippen MR) is 73.2 cm³/mol. The molecule has 0 radical (unpaired) electrons. The minimum absolute atomic E-state index is 0. The summed E-state index contributed by atoms with van der Waals surface area (Å²) in [7, 11) is 0.